The first-order valence-corrected chi connectivity index (χ1v) is 2.04. The van der Waals surface area contributed by atoms with Crippen molar-refractivity contribution in [3.05, 3.63) is 0 Å². The van der Waals surface area contributed by atoms with Crippen LogP contribution >= 0.6 is 0 Å². The van der Waals surface area contributed by atoms with Crippen molar-refractivity contribution in [2.24, 2.45) is 5.41 Å². The Morgan fingerprint density at radius 3 is 1.43 bits per heavy atom. The molecule has 0 saturated carbocycles. The molecule has 0 amide bonds. The molecule has 0 aromatic rings. The summed E-state index contributed by atoms with van der Waals surface area (Å²) in [5.41, 5.74) is 0.0694. The lowest BCUT2D eigenvalue weighted by Crippen LogP contribution is -1.97. The molecule has 42 valence electrons. The van der Waals surface area contributed by atoms with Gasteiger partial charge in [-0.05, 0) is 20.8 Å². The van der Waals surface area contributed by atoms with Crippen molar-refractivity contribution in [1.82, 2.24) is 0 Å². The van der Waals surface area contributed by atoms with E-state index in [9.17, 15) is 0 Å². The number of hydrogen-bond acceptors (Lipinski definition) is 0. The van der Waals surface area contributed by atoms with E-state index in [-0.39, 0.29) is 12.8 Å². The van der Waals surface area contributed by atoms with Crippen molar-refractivity contribution in [3.8, 4) is 12.3 Å². The van der Waals surface area contributed by atoms with Gasteiger partial charge in [0.2, 0.25) is 0 Å². The summed E-state index contributed by atoms with van der Waals surface area (Å²) in [5.74, 6) is 2.60. The van der Waals surface area contributed by atoms with Crippen LogP contribution in [-0.2, 0) is 0 Å². The maximum atomic E-state index is 5.06. The predicted octanol–water partition coefficient (Wildman–Crippen LogP) is 2.30. The zero-order valence-corrected chi connectivity index (χ0v) is 4.58. The highest BCUT2D eigenvalue weighted by Gasteiger charge is 2.00. The van der Waals surface area contributed by atoms with Crippen molar-refractivity contribution in [2.75, 3.05) is 0 Å². The van der Waals surface area contributed by atoms with E-state index in [1.54, 1.807) is 0 Å². The van der Waals surface area contributed by atoms with Crippen LogP contribution in [0, 0.1) is 17.8 Å². The molecular weight excluding hydrogens is 84.1 g/mol. The lowest BCUT2D eigenvalue weighted by Gasteiger charge is -2.04. The quantitative estimate of drug-likeness (QED) is 0.408. The summed E-state index contributed by atoms with van der Waals surface area (Å²) in [7, 11) is 0. The minimum atomic E-state index is 0. The normalized spacial score (nSPS) is 8.86. The van der Waals surface area contributed by atoms with Crippen LogP contribution in [0.3, 0.4) is 0 Å². The summed E-state index contributed by atoms with van der Waals surface area (Å²) in [4.78, 5) is 0. The third-order valence-corrected chi connectivity index (χ3v) is 0.433. The zero-order valence-electron chi connectivity index (χ0n) is 4.58. The Kier molecular flexibility index (Phi) is 3.74. The number of hydrogen-bond donors (Lipinski definition) is 0. The van der Waals surface area contributed by atoms with Gasteiger partial charge in [0.15, 0.2) is 0 Å². The van der Waals surface area contributed by atoms with Gasteiger partial charge < -0.3 is 0 Å². The van der Waals surface area contributed by atoms with Crippen LogP contribution in [0.15, 0.2) is 0 Å². The summed E-state index contributed by atoms with van der Waals surface area (Å²) in [6.07, 6.45) is 5.06. The van der Waals surface area contributed by atoms with E-state index in [2.05, 4.69) is 5.92 Å². The average Bonchev–Trinajstić information content (AvgIpc) is 1.35. The lowest BCUT2D eigenvalue weighted by molar-refractivity contribution is 0.571. The molecule has 7 heavy (non-hydrogen) atoms. The van der Waals surface area contributed by atoms with Gasteiger partial charge in [0.05, 0.1) is 0 Å². The Morgan fingerprint density at radius 2 is 1.43 bits per heavy atom. The van der Waals surface area contributed by atoms with Crippen molar-refractivity contribution < 1.29 is 0 Å². The van der Waals surface area contributed by atoms with E-state index in [0.717, 1.165) is 0 Å². The summed E-state index contributed by atoms with van der Waals surface area (Å²) in [5, 5.41) is 0. The molecule has 0 aliphatic rings. The Hall–Kier alpha value is -0.440. The van der Waals surface area contributed by atoms with Gasteiger partial charge >= 0.3 is 0 Å². The van der Waals surface area contributed by atoms with Crippen LogP contribution in [0.1, 0.15) is 28.2 Å². The van der Waals surface area contributed by atoms with Gasteiger partial charge in [-0.2, -0.15) is 0 Å². The Balaban J connectivity index is 0. The van der Waals surface area contributed by atoms with E-state index < -0.39 is 0 Å². The second-order valence-electron chi connectivity index (χ2n) is 2.39. The first kappa shape index (κ1) is 9.75. The lowest BCUT2D eigenvalue weighted by atomic mass is 9.99. The summed E-state index contributed by atoms with van der Waals surface area (Å²) in [6, 6.07) is 0. The third-order valence-electron chi connectivity index (χ3n) is 0.433. The third kappa shape index (κ3) is 10.8. The molecule has 0 atom stereocenters. The highest BCUT2D eigenvalue weighted by Crippen LogP contribution is 2.08. The van der Waals surface area contributed by atoms with E-state index in [4.69, 9.17) is 6.42 Å². The molecule has 0 spiro atoms. The van der Waals surface area contributed by atoms with Crippen LogP contribution in [0.4, 0.5) is 0 Å². The van der Waals surface area contributed by atoms with Gasteiger partial charge in [-0.15, -0.1) is 12.3 Å². The van der Waals surface area contributed by atoms with Crippen LogP contribution in [0.2, 0.25) is 0 Å². The van der Waals surface area contributed by atoms with Crippen LogP contribution in [-0.4, -0.2) is 0 Å². The van der Waals surface area contributed by atoms with Crippen molar-refractivity contribution in [3.63, 3.8) is 0 Å². The minimum Gasteiger partial charge on any atom is -0.120 e. The molecule has 0 N–H and O–H groups in total. The molecule has 0 aromatic heterocycles. The first-order chi connectivity index (χ1) is 2.56. The van der Waals surface area contributed by atoms with Crippen LogP contribution < -0.4 is 0 Å². The van der Waals surface area contributed by atoms with Crippen LogP contribution in [0.5, 0.6) is 0 Å². The molecule has 0 heteroatoms. The Morgan fingerprint density at radius 1 is 1.29 bits per heavy atom. The maximum absolute atomic E-state index is 5.06. The molecule has 0 nitrogen and oxygen atoms in total. The highest BCUT2D eigenvalue weighted by molar-refractivity contribution is 4.96. The summed E-state index contributed by atoms with van der Waals surface area (Å²) >= 11 is 0. The van der Waals surface area contributed by atoms with Gasteiger partial charge in [-0.1, -0.05) is 7.43 Å². The fourth-order valence-corrected chi connectivity index (χ4v) is 0. The SMILES string of the molecule is C.C#CC(C)(C)C. The second-order valence-corrected chi connectivity index (χ2v) is 2.39. The molecule has 0 saturated heterocycles. The summed E-state index contributed by atoms with van der Waals surface area (Å²) < 4.78 is 0. The van der Waals surface area contributed by atoms with E-state index in [1.165, 1.54) is 0 Å². The van der Waals surface area contributed by atoms with Crippen molar-refractivity contribution in [1.29, 1.82) is 0 Å². The molecule has 0 radical (unpaired) electrons. The van der Waals surface area contributed by atoms with Gasteiger partial charge in [0.1, 0.15) is 0 Å². The molecule has 0 rings (SSSR count). The van der Waals surface area contributed by atoms with Crippen molar-refractivity contribution >= 4 is 0 Å². The van der Waals surface area contributed by atoms with Gasteiger partial charge in [-0.3, -0.25) is 0 Å². The summed E-state index contributed by atoms with van der Waals surface area (Å²) in [6.45, 7) is 6.02. The average molecular weight is 98.2 g/mol. The van der Waals surface area contributed by atoms with Crippen molar-refractivity contribution in [2.45, 2.75) is 28.2 Å². The fraction of sp³-hybridized carbons (Fsp3) is 0.714. The monoisotopic (exact) mass is 98.1 g/mol. The molecule has 0 aromatic carbocycles. The molecule has 0 unspecified atom stereocenters. The smallest absolute Gasteiger partial charge is 0.0227 e. The second kappa shape index (κ2) is 2.69. The largest absolute Gasteiger partial charge is 0.120 e. The molecular formula is C7H14. The maximum Gasteiger partial charge on any atom is 0.0227 e. The Bertz CT molecular complexity index is 67.0. The molecule has 0 aliphatic carbocycles. The van der Waals surface area contributed by atoms with E-state index in [0.29, 0.717) is 0 Å². The Labute approximate surface area is 46.9 Å². The van der Waals surface area contributed by atoms with Gasteiger partial charge in [-0.25, -0.2) is 0 Å². The zero-order chi connectivity index (χ0) is 5.21. The van der Waals surface area contributed by atoms with Crippen LogP contribution in [0.25, 0.3) is 0 Å². The topological polar surface area (TPSA) is 0 Å². The standard InChI is InChI=1S/C6H10.CH4/c1-5-6(2,3)4;/h1H,2-4H3;1H4. The van der Waals surface area contributed by atoms with Gasteiger partial charge in [0.25, 0.3) is 0 Å². The fourth-order valence-electron chi connectivity index (χ4n) is 0. The molecule has 0 aliphatic heterocycles. The minimum absolute atomic E-state index is 0. The van der Waals surface area contributed by atoms with Gasteiger partial charge in [0, 0.05) is 5.41 Å². The molecule has 0 fully saturated rings. The molecule has 0 bridgehead atoms. The molecule has 0 heterocycles. The highest BCUT2D eigenvalue weighted by atomic mass is 14.0. The number of rotatable bonds is 0. The number of terminal acetylenes is 1. The predicted molar refractivity (Wildman–Crippen MR) is 35.0 cm³/mol. The van der Waals surface area contributed by atoms with E-state index in [1.807, 2.05) is 20.8 Å². The van der Waals surface area contributed by atoms with E-state index >= 15 is 0 Å². The first-order valence-electron chi connectivity index (χ1n) is 2.04.